The van der Waals surface area contributed by atoms with E-state index in [-0.39, 0.29) is 5.41 Å². The average molecular weight is 418 g/mol. The van der Waals surface area contributed by atoms with Gasteiger partial charge < -0.3 is 0 Å². The molecule has 0 fully saturated rings. The molecule has 4 rings (SSSR count). The zero-order chi connectivity index (χ0) is 21.2. The lowest BCUT2D eigenvalue weighted by Gasteiger charge is -2.38. The van der Waals surface area contributed by atoms with E-state index in [1.807, 2.05) is 55.5 Å². The first-order valence-corrected chi connectivity index (χ1v) is 11.7. The normalized spacial score (nSPS) is 20.0. The molecule has 0 aliphatic carbocycles. The van der Waals surface area contributed by atoms with Crippen LogP contribution in [0.1, 0.15) is 23.6 Å². The summed E-state index contributed by atoms with van der Waals surface area (Å²) in [6.45, 7) is 4.95. The van der Waals surface area contributed by atoms with Crippen LogP contribution in [0.3, 0.4) is 0 Å². The lowest BCUT2D eigenvalue weighted by atomic mass is 9.79. The molecule has 0 saturated carbocycles. The minimum atomic E-state index is -3.59. The fourth-order valence-electron chi connectivity index (χ4n) is 4.19. The summed E-state index contributed by atoms with van der Waals surface area (Å²) in [5.74, 6) is 0. The van der Waals surface area contributed by atoms with Gasteiger partial charge in [0.1, 0.15) is 0 Å². The van der Waals surface area contributed by atoms with Gasteiger partial charge >= 0.3 is 0 Å². The van der Waals surface area contributed by atoms with E-state index in [0.717, 1.165) is 23.1 Å². The van der Waals surface area contributed by atoms with Crippen molar-refractivity contribution < 1.29 is 8.42 Å². The molecule has 0 N–H and O–H groups in total. The topological polar surface area (TPSA) is 37.4 Å². The third kappa shape index (κ3) is 4.40. The second-order valence-corrected chi connectivity index (χ2v) is 10.4. The third-order valence-electron chi connectivity index (χ3n) is 5.66. The van der Waals surface area contributed by atoms with Gasteiger partial charge in [0.15, 0.2) is 0 Å². The summed E-state index contributed by atoms with van der Waals surface area (Å²) in [6, 6.07) is 27.5. The van der Waals surface area contributed by atoms with Crippen molar-refractivity contribution in [1.29, 1.82) is 0 Å². The Morgan fingerprint density at radius 2 is 1.47 bits per heavy atom. The van der Waals surface area contributed by atoms with Crippen LogP contribution in [0.15, 0.2) is 95.9 Å². The third-order valence-corrected chi connectivity index (χ3v) is 7.47. The van der Waals surface area contributed by atoms with E-state index in [0.29, 0.717) is 18.0 Å². The molecule has 30 heavy (non-hydrogen) atoms. The van der Waals surface area contributed by atoms with Crippen LogP contribution in [0.25, 0.3) is 5.57 Å². The summed E-state index contributed by atoms with van der Waals surface area (Å²) in [5, 5.41) is 0. The quantitative estimate of drug-likeness (QED) is 0.562. The van der Waals surface area contributed by atoms with E-state index in [4.69, 9.17) is 0 Å². The predicted octanol–water partition coefficient (Wildman–Crippen LogP) is 5.33. The Morgan fingerprint density at radius 3 is 2.10 bits per heavy atom. The molecule has 0 saturated heterocycles. The molecule has 3 nitrogen and oxygen atoms in total. The molecule has 0 spiro atoms. The summed E-state index contributed by atoms with van der Waals surface area (Å²) < 4.78 is 28.7. The molecule has 0 bridgehead atoms. The van der Waals surface area contributed by atoms with Crippen molar-refractivity contribution in [2.75, 3.05) is 13.1 Å². The first-order valence-electron chi connectivity index (χ1n) is 10.2. The standard InChI is InChI=1S/C26H27NO2S/c1-21-13-15-25(16-14-21)30(28,29)27-19-24(23-11-7-4-8-12-23)18-26(2,20-27)17-22-9-5-3-6-10-22/h3-16,18H,17,19-20H2,1-2H3/t26-/m1/s1. The minimum Gasteiger partial charge on any atom is -0.207 e. The number of nitrogens with zero attached hydrogens (tertiary/aromatic N) is 1. The van der Waals surface area contributed by atoms with Crippen LogP contribution < -0.4 is 0 Å². The van der Waals surface area contributed by atoms with E-state index >= 15 is 0 Å². The Bertz CT molecular complexity index is 1140. The fourth-order valence-corrected chi connectivity index (χ4v) is 5.74. The molecule has 1 aliphatic rings. The molecule has 1 atom stereocenters. The number of aryl methyl sites for hydroxylation is 1. The highest BCUT2D eigenvalue weighted by atomic mass is 32.2. The van der Waals surface area contributed by atoms with Gasteiger partial charge in [0.2, 0.25) is 10.0 Å². The van der Waals surface area contributed by atoms with Crippen LogP contribution >= 0.6 is 0 Å². The lowest BCUT2D eigenvalue weighted by Crippen LogP contribution is -2.44. The molecule has 3 aromatic rings. The molecule has 1 aliphatic heterocycles. The Kier molecular flexibility index (Phi) is 5.63. The summed E-state index contributed by atoms with van der Waals surface area (Å²) in [6.07, 6.45) is 3.06. The van der Waals surface area contributed by atoms with Gasteiger partial charge in [-0.25, -0.2) is 8.42 Å². The van der Waals surface area contributed by atoms with Crippen molar-refractivity contribution >= 4 is 15.6 Å². The highest BCUT2D eigenvalue weighted by Gasteiger charge is 2.37. The molecule has 3 aromatic carbocycles. The zero-order valence-electron chi connectivity index (χ0n) is 17.5. The van der Waals surface area contributed by atoms with Crippen LogP contribution in [0.2, 0.25) is 0 Å². The first-order chi connectivity index (χ1) is 14.4. The number of hydrogen-bond donors (Lipinski definition) is 0. The van der Waals surface area contributed by atoms with Gasteiger partial charge in [-0.15, -0.1) is 0 Å². The number of hydrogen-bond acceptors (Lipinski definition) is 2. The Hall–Kier alpha value is -2.69. The zero-order valence-corrected chi connectivity index (χ0v) is 18.3. The summed E-state index contributed by atoms with van der Waals surface area (Å²) in [4.78, 5) is 0.351. The lowest BCUT2D eigenvalue weighted by molar-refractivity contribution is 0.292. The maximum atomic E-state index is 13.5. The van der Waals surface area contributed by atoms with Crippen molar-refractivity contribution in [3.05, 3.63) is 108 Å². The molecule has 0 aromatic heterocycles. The summed E-state index contributed by atoms with van der Waals surface area (Å²) >= 11 is 0. The second kappa shape index (κ2) is 8.21. The van der Waals surface area contributed by atoms with Gasteiger partial charge in [0.25, 0.3) is 0 Å². The molecule has 4 heteroatoms. The van der Waals surface area contributed by atoms with E-state index in [1.54, 1.807) is 16.4 Å². The Balaban J connectivity index is 1.74. The van der Waals surface area contributed by atoms with Crippen molar-refractivity contribution in [3.8, 4) is 0 Å². The molecule has 0 radical (unpaired) electrons. The SMILES string of the molecule is Cc1ccc(S(=O)(=O)N2CC(c3ccccc3)=C[C@@](C)(Cc3ccccc3)C2)cc1. The van der Waals surface area contributed by atoms with Gasteiger partial charge in [-0.3, -0.25) is 0 Å². The summed E-state index contributed by atoms with van der Waals surface area (Å²) in [7, 11) is -3.59. The highest BCUT2D eigenvalue weighted by Crippen LogP contribution is 2.37. The van der Waals surface area contributed by atoms with Crippen molar-refractivity contribution in [1.82, 2.24) is 4.31 Å². The van der Waals surface area contributed by atoms with E-state index in [2.05, 4.69) is 37.3 Å². The molecule has 0 amide bonds. The van der Waals surface area contributed by atoms with Gasteiger partial charge in [-0.2, -0.15) is 4.31 Å². The van der Waals surface area contributed by atoms with E-state index < -0.39 is 10.0 Å². The van der Waals surface area contributed by atoms with Gasteiger partial charge in [-0.1, -0.05) is 91.4 Å². The van der Waals surface area contributed by atoms with Crippen LogP contribution in [-0.2, 0) is 16.4 Å². The van der Waals surface area contributed by atoms with E-state index in [9.17, 15) is 8.42 Å². The maximum absolute atomic E-state index is 13.5. The second-order valence-electron chi connectivity index (χ2n) is 8.44. The molecule has 154 valence electrons. The first kappa shape index (κ1) is 20.6. The van der Waals surface area contributed by atoms with Crippen LogP contribution in [0.4, 0.5) is 0 Å². The number of rotatable bonds is 5. The van der Waals surface area contributed by atoms with Gasteiger partial charge in [0, 0.05) is 18.5 Å². The van der Waals surface area contributed by atoms with Crippen molar-refractivity contribution in [2.45, 2.75) is 25.2 Å². The smallest absolute Gasteiger partial charge is 0.207 e. The monoisotopic (exact) mass is 417 g/mol. The summed E-state index contributed by atoms with van der Waals surface area (Å²) in [5.41, 5.74) is 4.07. The largest absolute Gasteiger partial charge is 0.243 e. The average Bonchev–Trinajstić information content (AvgIpc) is 2.75. The predicted molar refractivity (Wildman–Crippen MR) is 123 cm³/mol. The van der Waals surface area contributed by atoms with Crippen LogP contribution in [-0.4, -0.2) is 25.8 Å². The van der Waals surface area contributed by atoms with Gasteiger partial charge in [0.05, 0.1) is 4.90 Å². The number of sulfonamides is 1. The molecular weight excluding hydrogens is 390 g/mol. The highest BCUT2D eigenvalue weighted by molar-refractivity contribution is 7.89. The Labute approximate surface area is 179 Å². The minimum absolute atomic E-state index is 0.303. The molecular formula is C26H27NO2S. The molecule has 1 heterocycles. The van der Waals surface area contributed by atoms with Crippen LogP contribution in [0.5, 0.6) is 0 Å². The van der Waals surface area contributed by atoms with E-state index in [1.165, 1.54) is 5.56 Å². The maximum Gasteiger partial charge on any atom is 0.243 e. The fraction of sp³-hybridized carbons (Fsp3) is 0.231. The van der Waals surface area contributed by atoms with Gasteiger partial charge in [-0.05, 0) is 42.2 Å². The van der Waals surface area contributed by atoms with Crippen LogP contribution in [0, 0.1) is 12.3 Å². The molecule has 0 unspecified atom stereocenters. The van der Waals surface area contributed by atoms with Crippen molar-refractivity contribution in [2.24, 2.45) is 5.41 Å². The number of benzene rings is 3. The van der Waals surface area contributed by atoms with Crippen molar-refractivity contribution in [3.63, 3.8) is 0 Å². The Morgan fingerprint density at radius 1 is 0.867 bits per heavy atom.